The van der Waals surface area contributed by atoms with Gasteiger partial charge in [0.15, 0.2) is 0 Å². The summed E-state index contributed by atoms with van der Waals surface area (Å²) in [5, 5.41) is 9.87. The normalized spacial score (nSPS) is 50.5. The lowest BCUT2D eigenvalue weighted by atomic mass is 9.75. The number of allylic oxidation sites excluding steroid dienone is 2. The van der Waals surface area contributed by atoms with Gasteiger partial charge in [0, 0.05) is 17.8 Å². The minimum atomic E-state index is -0.212. The zero-order valence-corrected chi connectivity index (χ0v) is 8.66. The summed E-state index contributed by atoms with van der Waals surface area (Å²) in [6.07, 6.45) is 1.41. The van der Waals surface area contributed by atoms with E-state index in [4.69, 9.17) is 0 Å². The van der Waals surface area contributed by atoms with Gasteiger partial charge in [0.05, 0.1) is 6.10 Å². The van der Waals surface area contributed by atoms with Crippen molar-refractivity contribution in [3.05, 3.63) is 11.1 Å². The Morgan fingerprint density at radius 3 is 2.71 bits per heavy atom. The quantitative estimate of drug-likeness (QED) is 0.591. The number of aliphatic hydroxyl groups excluding tert-OH is 1. The second-order valence-electron chi connectivity index (χ2n) is 5.19. The van der Waals surface area contributed by atoms with E-state index in [1.165, 1.54) is 11.1 Å². The number of ketones is 1. The summed E-state index contributed by atoms with van der Waals surface area (Å²) >= 11 is 0. The standard InChI is InChI=1S/C12H16O2/c1-5-3-7-11-9(13)4-8(12(7)14)10(11)6(5)2/h7-11,13H,3-4H2,1-2H3. The van der Waals surface area contributed by atoms with Gasteiger partial charge in [0.1, 0.15) is 5.78 Å². The van der Waals surface area contributed by atoms with E-state index < -0.39 is 0 Å². The van der Waals surface area contributed by atoms with E-state index in [1.807, 2.05) is 0 Å². The highest BCUT2D eigenvalue weighted by molar-refractivity contribution is 5.89. The fourth-order valence-corrected chi connectivity index (χ4v) is 3.95. The van der Waals surface area contributed by atoms with Crippen molar-refractivity contribution in [2.75, 3.05) is 0 Å². The molecule has 4 bridgehead atoms. The van der Waals surface area contributed by atoms with Crippen LogP contribution in [0.5, 0.6) is 0 Å². The Morgan fingerprint density at radius 1 is 1.29 bits per heavy atom. The van der Waals surface area contributed by atoms with Crippen molar-refractivity contribution in [3.8, 4) is 0 Å². The number of hydrogen-bond donors (Lipinski definition) is 1. The average molecular weight is 192 g/mol. The first-order valence-corrected chi connectivity index (χ1v) is 5.49. The molecule has 2 saturated carbocycles. The van der Waals surface area contributed by atoms with Crippen LogP contribution >= 0.6 is 0 Å². The van der Waals surface area contributed by atoms with Crippen LogP contribution in [0.15, 0.2) is 11.1 Å². The van der Waals surface area contributed by atoms with E-state index in [-0.39, 0.29) is 23.9 Å². The highest BCUT2D eigenvalue weighted by Gasteiger charge is 2.60. The van der Waals surface area contributed by atoms with Crippen molar-refractivity contribution < 1.29 is 9.90 Å². The molecule has 3 aliphatic rings. The molecule has 14 heavy (non-hydrogen) atoms. The second-order valence-corrected chi connectivity index (χ2v) is 5.19. The Hall–Kier alpha value is -0.630. The van der Waals surface area contributed by atoms with Crippen molar-refractivity contribution in [2.24, 2.45) is 23.7 Å². The summed E-state index contributed by atoms with van der Waals surface area (Å²) in [4.78, 5) is 11.9. The van der Waals surface area contributed by atoms with Gasteiger partial charge in [0.2, 0.25) is 0 Å². The van der Waals surface area contributed by atoms with E-state index in [0.717, 1.165) is 12.8 Å². The first-order chi connectivity index (χ1) is 6.61. The number of carbonyl (C=O) groups is 1. The molecule has 2 fully saturated rings. The third-order valence-electron chi connectivity index (χ3n) is 4.68. The molecule has 0 aliphatic heterocycles. The monoisotopic (exact) mass is 192 g/mol. The van der Waals surface area contributed by atoms with Crippen LogP contribution in [0.1, 0.15) is 26.7 Å². The van der Waals surface area contributed by atoms with E-state index >= 15 is 0 Å². The van der Waals surface area contributed by atoms with Crippen molar-refractivity contribution in [1.82, 2.24) is 0 Å². The van der Waals surface area contributed by atoms with Crippen LogP contribution in [-0.2, 0) is 4.79 Å². The second kappa shape index (κ2) is 2.48. The molecule has 76 valence electrons. The Morgan fingerprint density at radius 2 is 2.00 bits per heavy atom. The van der Waals surface area contributed by atoms with Crippen molar-refractivity contribution in [2.45, 2.75) is 32.8 Å². The predicted octanol–water partition coefficient (Wildman–Crippen LogP) is 1.54. The van der Waals surface area contributed by atoms with Crippen LogP contribution in [0.4, 0.5) is 0 Å². The summed E-state index contributed by atoms with van der Waals surface area (Å²) in [5.74, 6) is 1.38. The Kier molecular flexibility index (Phi) is 1.54. The smallest absolute Gasteiger partial charge is 0.140 e. The minimum absolute atomic E-state index is 0.150. The van der Waals surface area contributed by atoms with Crippen LogP contribution in [0.3, 0.4) is 0 Å². The molecule has 5 atom stereocenters. The SMILES string of the molecule is CC1=C(C)C2C3CC(O)C2C(C1)C3=O. The molecular weight excluding hydrogens is 176 g/mol. The van der Waals surface area contributed by atoms with Gasteiger partial charge in [-0.1, -0.05) is 11.1 Å². The molecule has 0 amide bonds. The molecule has 2 nitrogen and oxygen atoms in total. The van der Waals surface area contributed by atoms with E-state index in [1.54, 1.807) is 0 Å². The van der Waals surface area contributed by atoms with Gasteiger partial charge in [-0.2, -0.15) is 0 Å². The molecular formula is C12H16O2. The lowest BCUT2D eigenvalue weighted by Crippen LogP contribution is -2.33. The number of aliphatic hydroxyl groups is 1. The minimum Gasteiger partial charge on any atom is -0.393 e. The fraction of sp³-hybridized carbons (Fsp3) is 0.750. The van der Waals surface area contributed by atoms with Gasteiger partial charge in [-0.25, -0.2) is 0 Å². The Balaban J connectivity index is 2.11. The third-order valence-corrected chi connectivity index (χ3v) is 4.68. The maximum absolute atomic E-state index is 11.9. The molecule has 2 heteroatoms. The summed E-state index contributed by atoms with van der Waals surface area (Å²) in [7, 11) is 0. The maximum Gasteiger partial charge on any atom is 0.140 e. The Labute approximate surface area is 84.0 Å². The number of carbonyl (C=O) groups excluding carboxylic acids is 1. The summed E-state index contributed by atoms with van der Waals surface area (Å²) in [6.45, 7) is 4.28. The van der Waals surface area contributed by atoms with Gasteiger partial charge in [-0.3, -0.25) is 4.79 Å². The van der Waals surface area contributed by atoms with E-state index in [9.17, 15) is 9.90 Å². The molecule has 0 heterocycles. The topological polar surface area (TPSA) is 37.3 Å². The van der Waals surface area contributed by atoms with Crippen molar-refractivity contribution in [3.63, 3.8) is 0 Å². The van der Waals surface area contributed by atoms with Gasteiger partial charge >= 0.3 is 0 Å². The zero-order chi connectivity index (χ0) is 10.0. The molecule has 0 aromatic rings. The molecule has 1 N–H and O–H groups in total. The van der Waals surface area contributed by atoms with Gasteiger partial charge in [-0.05, 0) is 32.6 Å². The molecule has 0 radical (unpaired) electrons. The zero-order valence-electron chi connectivity index (χ0n) is 8.66. The lowest BCUT2D eigenvalue weighted by Gasteiger charge is -2.30. The van der Waals surface area contributed by atoms with Crippen molar-refractivity contribution in [1.29, 1.82) is 0 Å². The van der Waals surface area contributed by atoms with E-state index in [2.05, 4.69) is 13.8 Å². The number of rotatable bonds is 0. The molecule has 0 aromatic heterocycles. The van der Waals surface area contributed by atoms with Crippen molar-refractivity contribution >= 4 is 5.78 Å². The fourth-order valence-electron chi connectivity index (χ4n) is 3.95. The van der Waals surface area contributed by atoms with Crippen LogP contribution in [-0.4, -0.2) is 17.0 Å². The van der Waals surface area contributed by atoms with Crippen LogP contribution in [0.2, 0.25) is 0 Å². The first-order valence-electron chi connectivity index (χ1n) is 5.49. The number of Topliss-reactive ketones (excluding diaryl/α,β-unsaturated/α-hetero) is 1. The van der Waals surface area contributed by atoms with Crippen LogP contribution in [0.25, 0.3) is 0 Å². The van der Waals surface area contributed by atoms with Gasteiger partial charge in [0.25, 0.3) is 0 Å². The maximum atomic E-state index is 11.9. The van der Waals surface area contributed by atoms with E-state index in [0.29, 0.717) is 11.7 Å². The van der Waals surface area contributed by atoms with Gasteiger partial charge < -0.3 is 5.11 Å². The average Bonchev–Trinajstić information content (AvgIpc) is 2.57. The molecule has 0 aromatic carbocycles. The molecule has 5 unspecified atom stereocenters. The summed E-state index contributed by atoms with van der Waals surface area (Å²) in [5.41, 5.74) is 2.78. The summed E-state index contributed by atoms with van der Waals surface area (Å²) < 4.78 is 0. The summed E-state index contributed by atoms with van der Waals surface area (Å²) in [6, 6.07) is 0. The molecule has 3 rings (SSSR count). The highest BCUT2D eigenvalue weighted by Crippen LogP contribution is 2.58. The molecule has 0 saturated heterocycles. The first kappa shape index (κ1) is 8.66. The molecule has 0 spiro atoms. The largest absolute Gasteiger partial charge is 0.393 e. The van der Waals surface area contributed by atoms with Gasteiger partial charge in [-0.15, -0.1) is 0 Å². The van der Waals surface area contributed by atoms with Crippen LogP contribution < -0.4 is 0 Å². The molecule has 3 aliphatic carbocycles. The highest BCUT2D eigenvalue weighted by atomic mass is 16.3. The predicted molar refractivity (Wildman–Crippen MR) is 52.6 cm³/mol. The third kappa shape index (κ3) is 0.789. The lowest BCUT2D eigenvalue weighted by molar-refractivity contribution is -0.128. The number of hydrogen-bond acceptors (Lipinski definition) is 2. The van der Waals surface area contributed by atoms with Crippen LogP contribution in [0, 0.1) is 23.7 Å². The Bertz CT molecular complexity index is 338.